The van der Waals surface area contributed by atoms with Crippen molar-refractivity contribution in [3.05, 3.63) is 48.1 Å². The van der Waals surface area contributed by atoms with Crippen molar-refractivity contribution in [3.8, 4) is 11.3 Å². The lowest BCUT2D eigenvalue weighted by atomic mass is 10.0. The van der Waals surface area contributed by atoms with Crippen LogP contribution in [0.2, 0.25) is 0 Å². The zero-order chi connectivity index (χ0) is 18.7. The van der Waals surface area contributed by atoms with Crippen LogP contribution in [0.4, 0.5) is 10.6 Å². The van der Waals surface area contributed by atoms with Crippen LogP contribution in [0.5, 0.6) is 0 Å². The normalized spacial score (nSPS) is 15.5. The van der Waals surface area contributed by atoms with E-state index in [9.17, 15) is 4.79 Å². The first-order valence-corrected chi connectivity index (χ1v) is 8.86. The molecule has 1 saturated heterocycles. The molecule has 0 atom stereocenters. The van der Waals surface area contributed by atoms with E-state index in [2.05, 4.69) is 9.83 Å². The largest absolute Gasteiger partial charge is 0.444 e. The monoisotopic (exact) mass is 352 g/mol. The number of aromatic nitrogens is 2. The van der Waals surface area contributed by atoms with E-state index >= 15 is 0 Å². The highest BCUT2D eigenvalue weighted by atomic mass is 16.6. The third-order valence-corrected chi connectivity index (χ3v) is 4.43. The Labute approximate surface area is 154 Å². The quantitative estimate of drug-likeness (QED) is 0.738. The molecular formula is C20H24N4O2. The molecule has 26 heavy (non-hydrogen) atoms. The molecule has 1 aromatic heterocycles. The Hall–Kier alpha value is -2.81. The number of hydrogen-bond acceptors (Lipinski definition) is 3. The SMILES string of the molecule is [C-]#[N+]c1c(-c2ccccc2)ncn1C1CCN(C(=O)OC(C)(C)C)CC1. The number of benzene rings is 1. The average Bonchev–Trinajstić information content (AvgIpc) is 3.05. The third kappa shape index (κ3) is 3.88. The van der Waals surface area contributed by atoms with Gasteiger partial charge in [0.15, 0.2) is 6.33 Å². The van der Waals surface area contributed by atoms with Crippen LogP contribution in [0.3, 0.4) is 0 Å². The number of ether oxygens (including phenoxy) is 1. The van der Waals surface area contributed by atoms with Crippen molar-refractivity contribution in [2.45, 2.75) is 45.3 Å². The standard InChI is InChI=1S/C20H24N4O2/c1-20(2,3)26-19(25)23-12-10-16(11-13-23)24-14-22-17(18(24)21-4)15-8-6-5-7-9-15/h5-9,14,16H,10-13H2,1-3H3. The summed E-state index contributed by atoms with van der Waals surface area (Å²) in [5, 5.41) is 0. The highest BCUT2D eigenvalue weighted by molar-refractivity contribution is 5.72. The number of hydrogen-bond donors (Lipinski definition) is 0. The summed E-state index contributed by atoms with van der Waals surface area (Å²) in [4.78, 5) is 22.2. The molecule has 1 aliphatic heterocycles. The first kappa shape index (κ1) is 18.0. The Morgan fingerprint density at radius 3 is 2.46 bits per heavy atom. The predicted octanol–water partition coefficient (Wildman–Crippen LogP) is 4.67. The molecule has 0 bridgehead atoms. The van der Waals surface area contributed by atoms with Gasteiger partial charge in [-0.1, -0.05) is 36.9 Å². The van der Waals surface area contributed by atoms with Crippen molar-refractivity contribution < 1.29 is 9.53 Å². The van der Waals surface area contributed by atoms with E-state index < -0.39 is 5.60 Å². The Morgan fingerprint density at radius 2 is 1.88 bits per heavy atom. The van der Waals surface area contributed by atoms with Gasteiger partial charge in [0.25, 0.3) is 5.82 Å². The van der Waals surface area contributed by atoms with Gasteiger partial charge >= 0.3 is 6.09 Å². The van der Waals surface area contributed by atoms with Gasteiger partial charge in [0.2, 0.25) is 0 Å². The summed E-state index contributed by atoms with van der Waals surface area (Å²) in [6, 6.07) is 9.94. The topological polar surface area (TPSA) is 51.7 Å². The van der Waals surface area contributed by atoms with Gasteiger partial charge in [0, 0.05) is 25.9 Å². The summed E-state index contributed by atoms with van der Waals surface area (Å²) in [5.74, 6) is 0.562. The molecule has 2 heterocycles. The average molecular weight is 352 g/mol. The molecule has 1 amide bonds. The maximum absolute atomic E-state index is 12.2. The van der Waals surface area contributed by atoms with Gasteiger partial charge in [-0.05, 0) is 26.3 Å². The van der Waals surface area contributed by atoms with Crippen LogP contribution in [0.15, 0.2) is 36.7 Å². The van der Waals surface area contributed by atoms with Gasteiger partial charge in [0.1, 0.15) is 5.60 Å². The fourth-order valence-electron chi connectivity index (χ4n) is 3.19. The minimum atomic E-state index is -0.486. The number of imidazole rings is 1. The molecule has 0 saturated carbocycles. The number of nitrogens with zero attached hydrogens (tertiary/aromatic N) is 4. The van der Waals surface area contributed by atoms with E-state index in [-0.39, 0.29) is 12.1 Å². The van der Waals surface area contributed by atoms with Crippen molar-refractivity contribution in [2.24, 2.45) is 0 Å². The highest BCUT2D eigenvalue weighted by Gasteiger charge is 2.30. The fourth-order valence-corrected chi connectivity index (χ4v) is 3.19. The summed E-state index contributed by atoms with van der Waals surface area (Å²) in [6.07, 6.45) is 3.05. The first-order chi connectivity index (χ1) is 12.4. The molecule has 136 valence electrons. The number of amides is 1. The number of piperidine rings is 1. The third-order valence-electron chi connectivity index (χ3n) is 4.43. The van der Waals surface area contributed by atoms with Gasteiger partial charge in [-0.25, -0.2) is 9.78 Å². The van der Waals surface area contributed by atoms with Crippen LogP contribution in [0, 0.1) is 6.57 Å². The van der Waals surface area contributed by atoms with Crippen LogP contribution in [0.25, 0.3) is 16.1 Å². The second kappa shape index (κ2) is 7.20. The smallest absolute Gasteiger partial charge is 0.410 e. The molecule has 6 heteroatoms. The maximum atomic E-state index is 12.2. The molecule has 1 fully saturated rings. The van der Waals surface area contributed by atoms with E-state index in [1.165, 1.54) is 0 Å². The minimum absolute atomic E-state index is 0.169. The molecule has 0 aliphatic carbocycles. The molecule has 2 aromatic rings. The fraction of sp³-hybridized carbons (Fsp3) is 0.450. The van der Waals surface area contributed by atoms with Crippen LogP contribution < -0.4 is 0 Å². The lowest BCUT2D eigenvalue weighted by molar-refractivity contribution is 0.0189. The summed E-state index contributed by atoms with van der Waals surface area (Å²) in [6.45, 7) is 14.5. The predicted molar refractivity (Wildman–Crippen MR) is 100 cm³/mol. The van der Waals surface area contributed by atoms with Crippen LogP contribution in [0.1, 0.15) is 39.7 Å². The van der Waals surface area contributed by atoms with Gasteiger partial charge in [-0.2, -0.15) is 0 Å². The number of carbonyl (C=O) groups is 1. The van der Waals surface area contributed by atoms with Crippen LogP contribution in [-0.4, -0.2) is 39.2 Å². The van der Waals surface area contributed by atoms with Gasteiger partial charge in [0.05, 0.1) is 11.7 Å². The Morgan fingerprint density at radius 1 is 1.23 bits per heavy atom. The molecule has 6 nitrogen and oxygen atoms in total. The second-order valence-corrected chi connectivity index (χ2v) is 7.50. The molecule has 1 aromatic carbocycles. The maximum Gasteiger partial charge on any atom is 0.410 e. The lowest BCUT2D eigenvalue weighted by Gasteiger charge is -2.32. The summed E-state index contributed by atoms with van der Waals surface area (Å²) >= 11 is 0. The van der Waals surface area contributed by atoms with Gasteiger partial charge < -0.3 is 14.5 Å². The molecule has 1 aliphatic rings. The van der Waals surface area contributed by atoms with E-state index in [0.29, 0.717) is 18.9 Å². The Bertz CT molecular complexity index is 807. The van der Waals surface area contributed by atoms with E-state index in [1.54, 1.807) is 11.2 Å². The van der Waals surface area contributed by atoms with Crippen molar-refractivity contribution in [1.82, 2.24) is 14.5 Å². The Balaban J connectivity index is 1.72. The van der Waals surface area contributed by atoms with E-state index in [0.717, 1.165) is 24.1 Å². The summed E-state index contributed by atoms with van der Waals surface area (Å²) in [7, 11) is 0. The molecule has 0 N–H and O–H groups in total. The first-order valence-electron chi connectivity index (χ1n) is 8.86. The van der Waals surface area contributed by atoms with Gasteiger partial charge in [-0.15, -0.1) is 0 Å². The molecule has 0 unspecified atom stereocenters. The zero-order valence-corrected chi connectivity index (χ0v) is 15.5. The van der Waals surface area contributed by atoms with E-state index in [4.69, 9.17) is 11.3 Å². The van der Waals surface area contributed by atoms with Crippen LogP contribution >= 0.6 is 0 Å². The molecular weight excluding hydrogens is 328 g/mol. The van der Waals surface area contributed by atoms with Crippen molar-refractivity contribution >= 4 is 11.9 Å². The number of likely N-dealkylation sites (tertiary alicyclic amines) is 1. The minimum Gasteiger partial charge on any atom is -0.444 e. The van der Waals surface area contributed by atoms with Crippen molar-refractivity contribution in [2.75, 3.05) is 13.1 Å². The Kier molecular flexibility index (Phi) is 4.99. The lowest BCUT2D eigenvalue weighted by Crippen LogP contribution is -2.42. The van der Waals surface area contributed by atoms with E-state index in [1.807, 2.05) is 55.7 Å². The molecule has 3 rings (SSSR count). The van der Waals surface area contributed by atoms with Crippen molar-refractivity contribution in [3.63, 3.8) is 0 Å². The highest BCUT2D eigenvalue weighted by Crippen LogP contribution is 2.34. The molecule has 0 radical (unpaired) electrons. The summed E-state index contributed by atoms with van der Waals surface area (Å²) < 4.78 is 7.40. The number of rotatable bonds is 2. The second-order valence-electron chi connectivity index (χ2n) is 7.50. The summed E-state index contributed by atoms with van der Waals surface area (Å²) in [5.41, 5.74) is 1.18. The van der Waals surface area contributed by atoms with Gasteiger partial charge in [-0.3, -0.25) is 4.57 Å². The number of carbonyl (C=O) groups excluding carboxylic acids is 1. The molecule has 0 spiro atoms. The zero-order valence-electron chi connectivity index (χ0n) is 15.5. The van der Waals surface area contributed by atoms with Crippen molar-refractivity contribution in [1.29, 1.82) is 0 Å². The van der Waals surface area contributed by atoms with Crippen LogP contribution in [-0.2, 0) is 4.74 Å².